The fourth-order valence-corrected chi connectivity index (χ4v) is 4.03. The third kappa shape index (κ3) is 8.64. The fourth-order valence-electron chi connectivity index (χ4n) is 4.03. The normalized spacial score (nSPS) is 12.7. The van der Waals surface area contributed by atoms with Crippen LogP contribution in [0, 0.1) is 31.1 Å². The van der Waals surface area contributed by atoms with Crippen LogP contribution < -0.4 is 10.6 Å². The second-order valence-corrected chi connectivity index (χ2v) is 10.5. The highest BCUT2D eigenvalue weighted by atomic mass is 16.6. The first-order valence-corrected chi connectivity index (χ1v) is 12.4. The number of nitrogens with zero attached hydrogens (tertiary/aromatic N) is 2. The molecule has 0 spiro atoms. The number of nitriles is 1. The number of ether oxygens (including phenoxy) is 1. The van der Waals surface area contributed by atoms with E-state index in [0.29, 0.717) is 17.7 Å². The van der Waals surface area contributed by atoms with Gasteiger partial charge in [0, 0.05) is 5.69 Å². The SMILES string of the molecule is Cc1cccc(C)c1NC(=O)C(c1ccccc1)N(CC#N)C(=O)C(CC(C)C)NC(=O)OC(C)(C)C. The van der Waals surface area contributed by atoms with E-state index < -0.39 is 35.6 Å². The van der Waals surface area contributed by atoms with Crippen molar-refractivity contribution < 1.29 is 19.1 Å². The van der Waals surface area contributed by atoms with E-state index in [9.17, 15) is 19.6 Å². The van der Waals surface area contributed by atoms with Gasteiger partial charge in [-0.25, -0.2) is 4.79 Å². The quantitative estimate of drug-likeness (QED) is 0.450. The predicted molar refractivity (Wildman–Crippen MR) is 144 cm³/mol. The van der Waals surface area contributed by atoms with Gasteiger partial charge in [-0.15, -0.1) is 0 Å². The zero-order chi connectivity index (χ0) is 27.8. The van der Waals surface area contributed by atoms with Crippen LogP contribution in [0.15, 0.2) is 48.5 Å². The number of hydrogen-bond donors (Lipinski definition) is 2. The van der Waals surface area contributed by atoms with Gasteiger partial charge in [-0.05, 0) is 63.6 Å². The molecule has 2 aromatic carbocycles. The van der Waals surface area contributed by atoms with Crippen molar-refractivity contribution >= 4 is 23.6 Å². The number of anilines is 1. The molecule has 0 saturated carbocycles. The van der Waals surface area contributed by atoms with Crippen molar-refractivity contribution in [1.29, 1.82) is 5.26 Å². The molecule has 3 amide bonds. The Morgan fingerprint density at radius 3 is 2.11 bits per heavy atom. The lowest BCUT2D eigenvalue weighted by Gasteiger charge is -2.33. The molecule has 0 heterocycles. The van der Waals surface area contributed by atoms with E-state index in [2.05, 4.69) is 10.6 Å². The van der Waals surface area contributed by atoms with Gasteiger partial charge in [-0.2, -0.15) is 5.26 Å². The topological polar surface area (TPSA) is 112 Å². The van der Waals surface area contributed by atoms with Crippen LogP contribution in [0.4, 0.5) is 10.5 Å². The molecule has 2 unspecified atom stereocenters. The number of hydrogen-bond acceptors (Lipinski definition) is 5. The Bertz CT molecular complexity index is 1110. The summed E-state index contributed by atoms with van der Waals surface area (Å²) in [4.78, 5) is 41.5. The number of carbonyl (C=O) groups excluding carboxylic acids is 3. The molecule has 2 N–H and O–H groups in total. The van der Waals surface area contributed by atoms with Crippen molar-refractivity contribution in [2.45, 2.75) is 72.6 Å². The van der Waals surface area contributed by atoms with E-state index in [-0.39, 0.29) is 12.5 Å². The zero-order valence-corrected chi connectivity index (χ0v) is 22.8. The highest BCUT2D eigenvalue weighted by Crippen LogP contribution is 2.27. The molecule has 8 heteroatoms. The lowest BCUT2D eigenvalue weighted by Crippen LogP contribution is -2.53. The Morgan fingerprint density at radius 1 is 1.00 bits per heavy atom. The molecule has 0 bridgehead atoms. The molecule has 0 aromatic heterocycles. The second kappa shape index (κ2) is 12.9. The predicted octanol–water partition coefficient (Wildman–Crippen LogP) is 5.27. The molecule has 0 saturated heterocycles. The Labute approximate surface area is 220 Å². The molecular weight excluding hydrogens is 468 g/mol. The first-order chi connectivity index (χ1) is 17.3. The Kier molecular flexibility index (Phi) is 10.2. The van der Waals surface area contributed by atoms with Crippen LogP contribution in [0.1, 0.15) is 63.8 Å². The van der Waals surface area contributed by atoms with Crippen LogP contribution in [0.25, 0.3) is 0 Å². The van der Waals surface area contributed by atoms with Crippen molar-refractivity contribution in [3.05, 3.63) is 65.2 Å². The van der Waals surface area contributed by atoms with Gasteiger partial charge in [0.15, 0.2) is 0 Å². The smallest absolute Gasteiger partial charge is 0.408 e. The summed E-state index contributed by atoms with van der Waals surface area (Å²) in [6, 6.07) is 14.5. The van der Waals surface area contributed by atoms with Gasteiger partial charge in [0.2, 0.25) is 5.91 Å². The number of carbonyl (C=O) groups is 3. The van der Waals surface area contributed by atoms with Crippen molar-refractivity contribution in [3.63, 3.8) is 0 Å². The third-order valence-corrected chi connectivity index (χ3v) is 5.62. The third-order valence-electron chi connectivity index (χ3n) is 5.62. The summed E-state index contributed by atoms with van der Waals surface area (Å²) in [5, 5.41) is 15.3. The van der Waals surface area contributed by atoms with Gasteiger partial charge in [0.1, 0.15) is 24.2 Å². The summed E-state index contributed by atoms with van der Waals surface area (Å²) >= 11 is 0. The maximum Gasteiger partial charge on any atom is 0.408 e. The van der Waals surface area contributed by atoms with Crippen molar-refractivity contribution in [2.75, 3.05) is 11.9 Å². The number of alkyl carbamates (subject to hydrolysis) is 1. The van der Waals surface area contributed by atoms with Gasteiger partial charge in [-0.3, -0.25) is 9.59 Å². The number of para-hydroxylation sites is 1. The number of benzene rings is 2. The molecule has 2 aromatic rings. The first-order valence-electron chi connectivity index (χ1n) is 12.4. The molecule has 0 aliphatic carbocycles. The molecule has 0 radical (unpaired) electrons. The van der Waals surface area contributed by atoms with Crippen molar-refractivity contribution in [3.8, 4) is 6.07 Å². The molecule has 2 atom stereocenters. The molecule has 37 heavy (non-hydrogen) atoms. The molecular formula is C29H38N4O4. The van der Waals surface area contributed by atoms with E-state index in [1.54, 1.807) is 45.0 Å². The average Bonchev–Trinajstić information content (AvgIpc) is 2.79. The second-order valence-electron chi connectivity index (χ2n) is 10.5. The van der Waals surface area contributed by atoms with E-state index in [1.165, 1.54) is 4.90 Å². The van der Waals surface area contributed by atoms with Crippen LogP contribution in [-0.2, 0) is 14.3 Å². The summed E-state index contributed by atoms with van der Waals surface area (Å²) in [7, 11) is 0. The van der Waals surface area contributed by atoms with Gasteiger partial charge in [0.25, 0.3) is 5.91 Å². The summed E-state index contributed by atoms with van der Waals surface area (Å²) in [5.41, 5.74) is 2.21. The van der Waals surface area contributed by atoms with Gasteiger partial charge in [0.05, 0.1) is 6.07 Å². The van der Waals surface area contributed by atoms with Crippen LogP contribution in [0.5, 0.6) is 0 Å². The highest BCUT2D eigenvalue weighted by Gasteiger charge is 2.36. The van der Waals surface area contributed by atoms with E-state index in [1.807, 2.05) is 58.0 Å². The minimum absolute atomic E-state index is 0.0476. The molecule has 2 rings (SSSR count). The highest BCUT2D eigenvalue weighted by molar-refractivity contribution is 6.00. The summed E-state index contributed by atoms with van der Waals surface area (Å²) in [6.07, 6.45) is -0.431. The van der Waals surface area contributed by atoms with E-state index >= 15 is 0 Å². The summed E-state index contributed by atoms with van der Waals surface area (Å²) in [5.74, 6) is -0.939. The fraction of sp³-hybridized carbons (Fsp3) is 0.448. The minimum Gasteiger partial charge on any atom is -0.444 e. The number of aryl methyl sites for hydroxylation is 2. The van der Waals surface area contributed by atoms with E-state index in [4.69, 9.17) is 4.74 Å². The Morgan fingerprint density at radius 2 is 1.59 bits per heavy atom. The molecule has 0 aliphatic rings. The maximum absolute atomic E-state index is 13.9. The van der Waals surface area contributed by atoms with Gasteiger partial charge >= 0.3 is 6.09 Å². The lowest BCUT2D eigenvalue weighted by atomic mass is 9.99. The monoisotopic (exact) mass is 506 g/mol. The van der Waals surface area contributed by atoms with Crippen molar-refractivity contribution in [2.24, 2.45) is 5.92 Å². The minimum atomic E-state index is -1.09. The first kappa shape index (κ1) is 29.4. The van der Waals surface area contributed by atoms with Crippen LogP contribution in [0.2, 0.25) is 0 Å². The molecule has 0 aliphatic heterocycles. The van der Waals surface area contributed by atoms with Gasteiger partial charge < -0.3 is 20.3 Å². The zero-order valence-electron chi connectivity index (χ0n) is 22.8. The summed E-state index contributed by atoms with van der Waals surface area (Å²) < 4.78 is 5.37. The lowest BCUT2D eigenvalue weighted by molar-refractivity contribution is -0.140. The van der Waals surface area contributed by atoms with Crippen LogP contribution in [-0.4, -0.2) is 41.0 Å². The Balaban J connectivity index is 2.50. The standard InChI is InChI=1S/C29H38N4O4/c1-19(2)18-23(31-28(36)37-29(5,6)7)27(35)33(17-16-30)25(22-14-9-8-10-15-22)26(34)32-24-20(3)12-11-13-21(24)4/h8-15,19,23,25H,17-18H2,1-7H3,(H,31,36)(H,32,34). The van der Waals surface area contributed by atoms with Gasteiger partial charge in [-0.1, -0.05) is 62.4 Å². The molecule has 0 fully saturated rings. The van der Waals surface area contributed by atoms with E-state index in [0.717, 1.165) is 11.1 Å². The Hall–Kier alpha value is -3.86. The molecule has 198 valence electrons. The number of nitrogens with one attached hydrogen (secondary N) is 2. The molecule has 8 nitrogen and oxygen atoms in total. The maximum atomic E-state index is 13.9. The number of rotatable bonds is 9. The van der Waals surface area contributed by atoms with Crippen molar-refractivity contribution in [1.82, 2.24) is 10.2 Å². The average molecular weight is 507 g/mol. The van der Waals surface area contributed by atoms with Crippen LogP contribution >= 0.6 is 0 Å². The summed E-state index contributed by atoms with van der Waals surface area (Å²) in [6.45, 7) is 12.5. The van der Waals surface area contributed by atoms with Crippen LogP contribution in [0.3, 0.4) is 0 Å². The number of amides is 3. The largest absolute Gasteiger partial charge is 0.444 e.